The molecule has 1 aromatic heterocycles. The number of aryl methyl sites for hydroxylation is 1. The number of nitrogens with one attached hydrogen (secondary N) is 2. The predicted molar refractivity (Wildman–Crippen MR) is 203 cm³/mol. The van der Waals surface area contributed by atoms with Gasteiger partial charge in [-0.15, -0.1) is 24.8 Å². The number of hydrogen-bond donors (Lipinski definition) is 2. The fourth-order valence-electron chi connectivity index (χ4n) is 5.81. The maximum absolute atomic E-state index is 13.7. The number of halogens is 2. The van der Waals surface area contributed by atoms with Crippen molar-refractivity contribution in [3.05, 3.63) is 77.1 Å². The number of unbranched alkanes of at least 4 members (excludes halogenated alkanes) is 2. The van der Waals surface area contributed by atoms with E-state index in [-0.39, 0.29) is 43.0 Å². The molecule has 3 amide bonds. The van der Waals surface area contributed by atoms with Gasteiger partial charge in [-0.3, -0.25) is 14.4 Å². The fourth-order valence-corrected chi connectivity index (χ4v) is 5.81. The second-order valence-corrected chi connectivity index (χ2v) is 12.3. The third-order valence-corrected chi connectivity index (χ3v) is 8.68. The fraction of sp³-hybridized carbons (Fsp3) is 0.378. The Balaban J connectivity index is 0.00000351. The molecular formula is C37H45Cl2N7O5. The molecule has 51 heavy (non-hydrogen) atoms. The van der Waals surface area contributed by atoms with E-state index >= 15 is 0 Å². The van der Waals surface area contributed by atoms with Gasteiger partial charge in [-0.05, 0) is 81.3 Å². The Morgan fingerprint density at radius 1 is 1.00 bits per heavy atom. The first-order valence-corrected chi connectivity index (χ1v) is 16.5. The lowest BCUT2D eigenvalue weighted by molar-refractivity contribution is -0.132. The molecule has 0 bridgehead atoms. The number of imidazole rings is 1. The average molecular weight is 739 g/mol. The molecule has 12 nitrogen and oxygen atoms in total. The molecular weight excluding hydrogens is 693 g/mol. The van der Waals surface area contributed by atoms with Crippen LogP contribution in [0.2, 0.25) is 0 Å². The molecule has 2 N–H and O–H groups in total. The third-order valence-electron chi connectivity index (χ3n) is 8.68. The summed E-state index contributed by atoms with van der Waals surface area (Å²) in [5.41, 5.74) is 3.84. The Morgan fingerprint density at radius 3 is 2.49 bits per heavy atom. The van der Waals surface area contributed by atoms with Crippen molar-refractivity contribution >= 4 is 64.9 Å². The molecule has 0 unspecified atom stereocenters. The van der Waals surface area contributed by atoms with Crippen molar-refractivity contribution in [2.75, 3.05) is 64.2 Å². The molecule has 0 aliphatic carbocycles. The van der Waals surface area contributed by atoms with Crippen molar-refractivity contribution < 1.29 is 23.9 Å². The van der Waals surface area contributed by atoms with E-state index in [2.05, 4.69) is 33.3 Å². The first kappa shape index (κ1) is 40.6. The molecule has 4 aromatic rings. The van der Waals surface area contributed by atoms with Crippen LogP contribution in [-0.4, -0.2) is 91.5 Å². The van der Waals surface area contributed by atoms with Crippen LogP contribution in [-0.2, 0) is 11.2 Å². The lowest BCUT2D eigenvalue weighted by Crippen LogP contribution is -2.47. The number of carbonyl (C=O) groups excluding carboxylic acids is 3. The van der Waals surface area contributed by atoms with Crippen LogP contribution in [0.4, 0.5) is 11.4 Å². The molecule has 2 heterocycles. The van der Waals surface area contributed by atoms with Gasteiger partial charge in [0.15, 0.2) is 0 Å². The number of hydrogen-bond acceptors (Lipinski definition) is 8. The number of nitriles is 1. The van der Waals surface area contributed by atoms with Crippen molar-refractivity contribution in [1.29, 1.82) is 5.26 Å². The number of amides is 3. The van der Waals surface area contributed by atoms with Gasteiger partial charge in [-0.1, -0.05) is 12.1 Å². The van der Waals surface area contributed by atoms with Gasteiger partial charge < -0.3 is 34.5 Å². The molecule has 14 heteroatoms. The number of anilines is 2. The zero-order valence-corrected chi connectivity index (χ0v) is 31.0. The van der Waals surface area contributed by atoms with Gasteiger partial charge in [0.1, 0.15) is 22.8 Å². The van der Waals surface area contributed by atoms with Crippen LogP contribution in [0.25, 0.3) is 11.0 Å². The number of ether oxygens (including phenoxy) is 2. The van der Waals surface area contributed by atoms with Gasteiger partial charge in [-0.25, -0.2) is 4.98 Å². The molecule has 3 aromatic carbocycles. The van der Waals surface area contributed by atoms with Crippen LogP contribution >= 0.6 is 24.8 Å². The van der Waals surface area contributed by atoms with Gasteiger partial charge in [0.2, 0.25) is 5.91 Å². The summed E-state index contributed by atoms with van der Waals surface area (Å²) < 4.78 is 11.7. The van der Waals surface area contributed by atoms with Gasteiger partial charge >= 0.3 is 0 Å². The van der Waals surface area contributed by atoms with Crippen molar-refractivity contribution in [3.8, 4) is 17.6 Å². The number of nitrogens with zero attached hydrogens (tertiary/aromatic N) is 5. The highest BCUT2D eigenvalue weighted by atomic mass is 35.5. The summed E-state index contributed by atoms with van der Waals surface area (Å²) in [7, 11) is 5.24. The van der Waals surface area contributed by atoms with Crippen molar-refractivity contribution in [2.45, 2.75) is 39.0 Å². The Morgan fingerprint density at radius 2 is 1.76 bits per heavy atom. The molecule has 272 valence electrons. The average Bonchev–Trinajstić information content (AvgIpc) is 3.52. The highest BCUT2D eigenvalue weighted by Gasteiger charge is 2.22. The molecule has 0 saturated carbocycles. The Hall–Kier alpha value is -4.83. The van der Waals surface area contributed by atoms with E-state index in [0.29, 0.717) is 63.9 Å². The summed E-state index contributed by atoms with van der Waals surface area (Å²) in [5.74, 6) is 0.940. The molecule has 1 saturated heterocycles. The number of rotatable bonds is 13. The number of carbonyl (C=O) groups is 3. The van der Waals surface area contributed by atoms with Gasteiger partial charge in [0, 0.05) is 45.2 Å². The van der Waals surface area contributed by atoms with E-state index in [1.165, 1.54) is 12.0 Å². The smallest absolute Gasteiger partial charge is 0.258 e. The minimum Gasteiger partial charge on any atom is -0.495 e. The molecule has 1 aliphatic rings. The number of fused-ring (bicyclic) bond motifs is 1. The van der Waals surface area contributed by atoms with E-state index in [0.717, 1.165) is 51.0 Å². The Kier molecular flexibility index (Phi) is 15.1. The van der Waals surface area contributed by atoms with E-state index in [9.17, 15) is 14.4 Å². The first-order valence-electron chi connectivity index (χ1n) is 16.5. The summed E-state index contributed by atoms with van der Waals surface area (Å²) >= 11 is 0. The minimum atomic E-state index is -0.404. The minimum absolute atomic E-state index is 0. The lowest BCUT2D eigenvalue weighted by Gasteiger charge is -2.32. The standard InChI is InChI=1S/C37H43N7O5.2ClH/c1-25-12-15-30(32(23-25)49-22-7-5-6-11-34(45)44-20-18-42(2)19-21-44)43(3)37(47)26-13-14-28(31(24-26)48-4)40-36(46)27-9-8-10-29-35(27)41-33(39-29)16-17-38;;/h8-10,12-15,23-24H,5-7,11,16,18-22H2,1-4H3,(H,39,41)(H,40,46);2*1H. The number of aromatic nitrogens is 2. The van der Waals surface area contributed by atoms with Crippen LogP contribution in [0.1, 0.15) is 57.8 Å². The molecule has 0 atom stereocenters. The lowest BCUT2D eigenvalue weighted by atomic mass is 10.1. The number of likely N-dealkylation sites (N-methyl/N-ethyl adjacent to an activating group) is 1. The Labute approximate surface area is 310 Å². The summed E-state index contributed by atoms with van der Waals surface area (Å²) in [6.45, 7) is 5.87. The van der Waals surface area contributed by atoms with Crippen LogP contribution in [0.15, 0.2) is 54.6 Å². The SMILES string of the molecule is COc1cc(C(=O)N(C)c2ccc(C)cc2OCCCCCC(=O)N2CCN(C)CC2)ccc1NC(=O)c1cccc2[nH]c(CC#N)nc12.Cl.Cl. The van der Waals surface area contributed by atoms with Gasteiger partial charge in [0.05, 0.1) is 48.7 Å². The molecule has 0 spiro atoms. The van der Waals surface area contributed by atoms with Crippen molar-refractivity contribution in [3.63, 3.8) is 0 Å². The monoisotopic (exact) mass is 737 g/mol. The topological polar surface area (TPSA) is 144 Å². The third kappa shape index (κ3) is 10.1. The maximum atomic E-state index is 13.7. The van der Waals surface area contributed by atoms with Crippen molar-refractivity contribution in [1.82, 2.24) is 19.8 Å². The van der Waals surface area contributed by atoms with E-state index in [4.69, 9.17) is 14.7 Å². The van der Waals surface area contributed by atoms with E-state index in [1.54, 1.807) is 43.4 Å². The number of H-pyrrole nitrogens is 1. The highest BCUT2D eigenvalue weighted by Crippen LogP contribution is 2.32. The summed E-state index contributed by atoms with van der Waals surface area (Å²) in [6, 6.07) is 17.8. The summed E-state index contributed by atoms with van der Waals surface area (Å²) in [6.07, 6.45) is 3.13. The second kappa shape index (κ2) is 19.0. The van der Waals surface area contributed by atoms with Gasteiger partial charge in [0.25, 0.3) is 11.8 Å². The van der Waals surface area contributed by atoms with Crippen LogP contribution in [0.3, 0.4) is 0 Å². The second-order valence-electron chi connectivity index (χ2n) is 12.3. The van der Waals surface area contributed by atoms with Crippen molar-refractivity contribution in [2.24, 2.45) is 0 Å². The number of methoxy groups -OCH3 is 1. The number of piperazine rings is 1. The number of benzene rings is 3. The summed E-state index contributed by atoms with van der Waals surface area (Å²) in [5, 5.41) is 11.9. The largest absolute Gasteiger partial charge is 0.495 e. The quantitative estimate of drug-likeness (QED) is 0.158. The zero-order valence-electron chi connectivity index (χ0n) is 29.4. The van der Waals surface area contributed by atoms with Gasteiger partial charge in [-0.2, -0.15) is 5.26 Å². The number of para-hydroxylation sites is 1. The van der Waals surface area contributed by atoms with E-state index < -0.39 is 5.91 Å². The predicted octanol–water partition coefficient (Wildman–Crippen LogP) is 6.03. The van der Waals surface area contributed by atoms with E-state index in [1.807, 2.05) is 30.0 Å². The zero-order chi connectivity index (χ0) is 34.9. The normalized spacial score (nSPS) is 12.6. The Bertz CT molecular complexity index is 1870. The van der Waals surface area contributed by atoms with Crippen LogP contribution < -0.4 is 19.7 Å². The van der Waals surface area contributed by atoms with Crippen LogP contribution in [0.5, 0.6) is 11.5 Å². The molecule has 5 rings (SSSR count). The maximum Gasteiger partial charge on any atom is 0.258 e. The van der Waals surface area contributed by atoms with Crippen LogP contribution in [0, 0.1) is 18.3 Å². The highest BCUT2D eigenvalue weighted by molar-refractivity contribution is 6.12. The first-order chi connectivity index (χ1) is 23.7. The molecule has 1 aliphatic heterocycles. The summed E-state index contributed by atoms with van der Waals surface area (Å²) in [4.78, 5) is 52.7. The number of aromatic amines is 1. The molecule has 0 radical (unpaired) electrons. The molecule has 1 fully saturated rings.